The maximum Gasteiger partial charge on any atom is 0.330 e. The van der Waals surface area contributed by atoms with Gasteiger partial charge in [-0.25, -0.2) is 4.79 Å². The molecule has 0 aromatic carbocycles. The van der Waals surface area contributed by atoms with Crippen molar-refractivity contribution in [3.8, 4) is 0 Å². The maximum atomic E-state index is 11.9. The van der Waals surface area contributed by atoms with E-state index in [1.54, 1.807) is 6.92 Å². The summed E-state index contributed by atoms with van der Waals surface area (Å²) >= 11 is 0. The highest BCUT2D eigenvalue weighted by Gasteiger charge is 2.29. The van der Waals surface area contributed by atoms with Crippen LogP contribution in [0.2, 0.25) is 0 Å². The number of rotatable bonds is 7. The molecule has 8 heteroatoms. The molecule has 0 aliphatic carbocycles. The Bertz CT molecular complexity index is 461. The van der Waals surface area contributed by atoms with Crippen molar-refractivity contribution in [2.45, 2.75) is 38.3 Å². The van der Waals surface area contributed by atoms with E-state index in [1.165, 1.54) is 12.2 Å². The normalized spacial score (nSPS) is 19.1. The number of nitrogens with two attached hydrogens (primary N) is 1. The summed E-state index contributed by atoms with van der Waals surface area (Å²) in [5.74, 6) is -1.92. The summed E-state index contributed by atoms with van der Waals surface area (Å²) in [4.78, 5) is 45.3. The summed E-state index contributed by atoms with van der Waals surface area (Å²) in [5, 5.41) is 4.95. The van der Waals surface area contributed by atoms with Crippen LogP contribution in [0, 0.1) is 0 Å². The van der Waals surface area contributed by atoms with Gasteiger partial charge in [0.1, 0.15) is 12.1 Å². The summed E-state index contributed by atoms with van der Waals surface area (Å²) in [6.07, 6.45) is 3.31. The monoisotopic (exact) mass is 297 g/mol. The van der Waals surface area contributed by atoms with Gasteiger partial charge in [0.05, 0.1) is 6.61 Å². The Morgan fingerprint density at radius 2 is 2.24 bits per heavy atom. The van der Waals surface area contributed by atoms with Gasteiger partial charge in [0.2, 0.25) is 17.7 Å². The highest BCUT2D eigenvalue weighted by Crippen LogP contribution is 2.07. The van der Waals surface area contributed by atoms with Crippen molar-refractivity contribution < 1.29 is 23.9 Å². The predicted octanol–water partition coefficient (Wildman–Crippen LogP) is -1.26. The summed E-state index contributed by atoms with van der Waals surface area (Å²) in [7, 11) is 0. The van der Waals surface area contributed by atoms with Crippen LogP contribution in [0.25, 0.3) is 0 Å². The van der Waals surface area contributed by atoms with E-state index in [0.717, 1.165) is 0 Å². The van der Waals surface area contributed by atoms with Gasteiger partial charge in [0.25, 0.3) is 0 Å². The molecule has 3 amide bonds. The van der Waals surface area contributed by atoms with Crippen LogP contribution < -0.4 is 16.4 Å². The zero-order valence-corrected chi connectivity index (χ0v) is 11.8. The van der Waals surface area contributed by atoms with Gasteiger partial charge in [0.15, 0.2) is 0 Å². The van der Waals surface area contributed by atoms with Crippen LogP contribution in [0.4, 0.5) is 0 Å². The maximum absolute atomic E-state index is 11.9. The fourth-order valence-corrected chi connectivity index (χ4v) is 1.82. The molecule has 0 spiro atoms. The highest BCUT2D eigenvalue weighted by molar-refractivity contribution is 5.93. The van der Waals surface area contributed by atoms with Crippen molar-refractivity contribution in [2.24, 2.45) is 5.73 Å². The number of carbonyl (C=O) groups excluding carboxylic acids is 4. The van der Waals surface area contributed by atoms with Crippen molar-refractivity contribution in [3.05, 3.63) is 12.2 Å². The number of hydrogen-bond acceptors (Lipinski definition) is 5. The lowest BCUT2D eigenvalue weighted by atomic mass is 10.1. The molecule has 0 saturated carbocycles. The number of nitrogens with one attached hydrogen (secondary N) is 2. The third-order valence-corrected chi connectivity index (χ3v) is 2.88. The average Bonchev–Trinajstić information content (AvgIpc) is 2.84. The summed E-state index contributed by atoms with van der Waals surface area (Å²) < 4.78 is 4.68. The zero-order valence-electron chi connectivity index (χ0n) is 11.8. The molecule has 1 fully saturated rings. The fraction of sp³-hybridized carbons (Fsp3) is 0.538. The second-order valence-electron chi connectivity index (χ2n) is 4.51. The number of amides is 3. The third kappa shape index (κ3) is 5.64. The Hall–Kier alpha value is -2.38. The van der Waals surface area contributed by atoms with Crippen LogP contribution in [0.5, 0.6) is 0 Å². The quantitative estimate of drug-likeness (QED) is 0.399. The number of esters is 1. The van der Waals surface area contributed by atoms with Gasteiger partial charge in [0, 0.05) is 12.5 Å². The first kappa shape index (κ1) is 16.7. The average molecular weight is 297 g/mol. The van der Waals surface area contributed by atoms with E-state index in [9.17, 15) is 19.2 Å². The van der Waals surface area contributed by atoms with E-state index in [2.05, 4.69) is 15.4 Å². The second-order valence-corrected chi connectivity index (χ2v) is 4.51. The SMILES string of the molecule is CCOC(=O)/C=C/C[C@@H](NC(=O)[C@H]1CCC(=O)N1)C(N)=O. The molecule has 8 nitrogen and oxygen atoms in total. The van der Waals surface area contributed by atoms with Crippen LogP contribution in [0.3, 0.4) is 0 Å². The molecular formula is C13H19N3O5. The van der Waals surface area contributed by atoms with E-state index in [0.29, 0.717) is 6.42 Å². The molecule has 0 radical (unpaired) electrons. The first-order valence-corrected chi connectivity index (χ1v) is 6.66. The fourth-order valence-electron chi connectivity index (χ4n) is 1.82. The predicted molar refractivity (Wildman–Crippen MR) is 72.7 cm³/mol. The number of primary amides is 1. The molecular weight excluding hydrogens is 278 g/mol. The molecule has 116 valence electrons. The first-order chi connectivity index (χ1) is 9.93. The van der Waals surface area contributed by atoms with Crippen molar-refractivity contribution in [1.29, 1.82) is 0 Å². The molecule has 1 aliphatic heterocycles. The van der Waals surface area contributed by atoms with E-state index in [1.807, 2.05) is 0 Å². The minimum atomic E-state index is -0.944. The van der Waals surface area contributed by atoms with E-state index < -0.39 is 29.9 Å². The van der Waals surface area contributed by atoms with Crippen LogP contribution in [-0.4, -0.2) is 42.4 Å². The Morgan fingerprint density at radius 1 is 1.52 bits per heavy atom. The van der Waals surface area contributed by atoms with Gasteiger partial charge in [-0.1, -0.05) is 6.08 Å². The van der Waals surface area contributed by atoms with Gasteiger partial charge in [-0.3, -0.25) is 14.4 Å². The number of hydrogen-bond donors (Lipinski definition) is 3. The van der Waals surface area contributed by atoms with Gasteiger partial charge in [-0.05, 0) is 19.8 Å². The molecule has 2 atom stereocenters. The topological polar surface area (TPSA) is 128 Å². The second kappa shape index (κ2) is 8.03. The van der Waals surface area contributed by atoms with Crippen LogP contribution in [0.1, 0.15) is 26.2 Å². The van der Waals surface area contributed by atoms with Gasteiger partial charge >= 0.3 is 5.97 Å². The highest BCUT2D eigenvalue weighted by atomic mass is 16.5. The standard InChI is InChI=1S/C13H19N3O5/c1-2-21-11(18)5-3-4-8(12(14)19)16-13(20)9-6-7-10(17)15-9/h3,5,8-9H,2,4,6-7H2,1H3,(H2,14,19)(H,15,17)(H,16,20)/b5-3+/t8-,9-/m1/s1. The van der Waals surface area contributed by atoms with Crippen molar-refractivity contribution >= 4 is 23.7 Å². The van der Waals surface area contributed by atoms with E-state index >= 15 is 0 Å². The van der Waals surface area contributed by atoms with Gasteiger partial charge in [-0.2, -0.15) is 0 Å². The Labute approximate surface area is 122 Å². The lowest BCUT2D eigenvalue weighted by molar-refractivity contribution is -0.137. The molecule has 0 aromatic heterocycles. The van der Waals surface area contributed by atoms with Gasteiger partial charge < -0.3 is 21.1 Å². The van der Waals surface area contributed by atoms with Crippen molar-refractivity contribution in [1.82, 2.24) is 10.6 Å². The molecule has 0 aromatic rings. The summed E-state index contributed by atoms with van der Waals surface area (Å²) in [5.41, 5.74) is 5.20. The smallest absolute Gasteiger partial charge is 0.330 e. The van der Waals surface area contributed by atoms with Crippen molar-refractivity contribution in [3.63, 3.8) is 0 Å². The molecule has 1 rings (SSSR count). The largest absolute Gasteiger partial charge is 0.463 e. The van der Waals surface area contributed by atoms with Crippen LogP contribution in [0.15, 0.2) is 12.2 Å². The molecule has 1 heterocycles. The Kier molecular flexibility index (Phi) is 6.38. The summed E-state index contributed by atoms with van der Waals surface area (Å²) in [6, 6.07) is -1.59. The molecule has 4 N–H and O–H groups in total. The Morgan fingerprint density at radius 3 is 2.76 bits per heavy atom. The van der Waals surface area contributed by atoms with Crippen molar-refractivity contribution in [2.75, 3.05) is 6.61 Å². The lowest BCUT2D eigenvalue weighted by Gasteiger charge is -2.16. The minimum absolute atomic E-state index is 0.0700. The zero-order chi connectivity index (χ0) is 15.8. The summed E-state index contributed by atoms with van der Waals surface area (Å²) in [6.45, 7) is 1.93. The molecule has 21 heavy (non-hydrogen) atoms. The number of carbonyl (C=O) groups is 4. The lowest BCUT2D eigenvalue weighted by Crippen LogP contribution is -2.50. The molecule has 0 bridgehead atoms. The minimum Gasteiger partial charge on any atom is -0.463 e. The van der Waals surface area contributed by atoms with E-state index in [-0.39, 0.29) is 25.4 Å². The molecule has 0 unspecified atom stereocenters. The van der Waals surface area contributed by atoms with E-state index in [4.69, 9.17) is 5.73 Å². The first-order valence-electron chi connectivity index (χ1n) is 6.66. The third-order valence-electron chi connectivity index (χ3n) is 2.88. The number of ether oxygens (including phenoxy) is 1. The Balaban J connectivity index is 2.50. The van der Waals surface area contributed by atoms with Gasteiger partial charge in [-0.15, -0.1) is 0 Å². The van der Waals surface area contributed by atoms with Crippen LogP contribution >= 0.6 is 0 Å². The molecule has 1 aliphatic rings. The molecule has 1 saturated heterocycles. The van der Waals surface area contributed by atoms with Crippen LogP contribution in [-0.2, 0) is 23.9 Å².